The van der Waals surface area contributed by atoms with E-state index in [0.717, 1.165) is 19.3 Å². The maximum atomic E-state index is 10.4. The van der Waals surface area contributed by atoms with Gasteiger partial charge in [0, 0.05) is 0 Å². The second-order valence-electron chi connectivity index (χ2n) is 2.85. The number of aliphatic carboxylic acids is 1. The van der Waals surface area contributed by atoms with E-state index in [1.54, 1.807) is 0 Å². The fourth-order valence-electron chi connectivity index (χ4n) is 1.01. The largest absolute Gasteiger partial charge is 0.481 e. The summed E-state index contributed by atoms with van der Waals surface area (Å²) in [6.45, 7) is 2.01. The molecular weight excluding hydrogens is 160 g/mol. The van der Waals surface area contributed by atoms with Gasteiger partial charge in [-0.25, -0.2) is 0 Å². The lowest BCUT2D eigenvalue weighted by Gasteiger charge is -2.13. The van der Waals surface area contributed by atoms with Crippen molar-refractivity contribution in [1.29, 1.82) is 0 Å². The summed E-state index contributed by atoms with van der Waals surface area (Å²) in [6.07, 6.45) is 1.25. The average Bonchev–Trinajstić information content (AvgIpc) is 1.96. The molecule has 0 aliphatic heterocycles. The quantitative estimate of drug-likeness (QED) is 0.408. The molecule has 72 valence electrons. The molecule has 0 fully saturated rings. The smallest absolute Gasteiger partial charge is 0.311 e. The van der Waals surface area contributed by atoms with Crippen LogP contribution >= 0.6 is 0 Å². The highest BCUT2D eigenvalue weighted by atomic mass is 16.5. The summed E-state index contributed by atoms with van der Waals surface area (Å²) < 4.78 is 0. The minimum absolute atomic E-state index is 0.334. The van der Waals surface area contributed by atoms with Crippen LogP contribution in [-0.2, 0) is 4.79 Å². The van der Waals surface area contributed by atoms with Crippen LogP contribution in [0.2, 0.25) is 0 Å². The molecule has 0 rings (SSSR count). The van der Waals surface area contributed by atoms with Crippen LogP contribution in [0.4, 0.5) is 0 Å². The van der Waals surface area contributed by atoms with Gasteiger partial charge >= 0.3 is 5.97 Å². The first-order valence-electron chi connectivity index (χ1n) is 4.18. The molecule has 1 atom stereocenters. The topological polar surface area (TPSA) is 77.8 Å². The summed E-state index contributed by atoms with van der Waals surface area (Å²) in [5.41, 5.74) is 0. The number of hydrogen-bond donors (Lipinski definition) is 3. The number of rotatable bonds is 6. The SMILES string of the molecule is CCCCCC(C(=O)O)C(O)O. The molecule has 0 aliphatic carbocycles. The van der Waals surface area contributed by atoms with Gasteiger partial charge in [-0.15, -0.1) is 0 Å². The van der Waals surface area contributed by atoms with Crippen LogP contribution in [0.5, 0.6) is 0 Å². The van der Waals surface area contributed by atoms with Crippen LogP contribution in [0.25, 0.3) is 0 Å². The minimum Gasteiger partial charge on any atom is -0.481 e. The minimum atomic E-state index is -1.74. The van der Waals surface area contributed by atoms with Crippen LogP contribution in [0.1, 0.15) is 32.6 Å². The van der Waals surface area contributed by atoms with E-state index < -0.39 is 18.2 Å². The first-order chi connectivity index (χ1) is 5.59. The predicted molar refractivity (Wildman–Crippen MR) is 43.5 cm³/mol. The fourth-order valence-corrected chi connectivity index (χ4v) is 1.01. The molecule has 12 heavy (non-hydrogen) atoms. The first-order valence-corrected chi connectivity index (χ1v) is 4.18. The van der Waals surface area contributed by atoms with Gasteiger partial charge in [-0.05, 0) is 6.42 Å². The van der Waals surface area contributed by atoms with E-state index in [1.807, 2.05) is 6.92 Å². The van der Waals surface area contributed by atoms with Gasteiger partial charge in [0.05, 0.1) is 0 Å². The summed E-state index contributed by atoms with van der Waals surface area (Å²) in [4.78, 5) is 10.4. The third-order valence-corrected chi connectivity index (χ3v) is 1.80. The van der Waals surface area contributed by atoms with Crippen LogP contribution in [0.3, 0.4) is 0 Å². The van der Waals surface area contributed by atoms with Gasteiger partial charge in [-0.2, -0.15) is 0 Å². The zero-order valence-electron chi connectivity index (χ0n) is 7.23. The Labute approximate surface area is 71.8 Å². The second kappa shape index (κ2) is 5.97. The van der Waals surface area contributed by atoms with Crippen LogP contribution in [-0.4, -0.2) is 27.6 Å². The highest BCUT2D eigenvalue weighted by Gasteiger charge is 2.23. The van der Waals surface area contributed by atoms with Crippen LogP contribution in [0, 0.1) is 5.92 Å². The number of carboxylic acid groups (broad SMARTS) is 1. The van der Waals surface area contributed by atoms with E-state index in [4.69, 9.17) is 15.3 Å². The van der Waals surface area contributed by atoms with Gasteiger partial charge in [0.2, 0.25) is 0 Å². The molecule has 4 heteroatoms. The molecule has 0 radical (unpaired) electrons. The lowest BCUT2D eigenvalue weighted by Crippen LogP contribution is -2.27. The molecule has 4 nitrogen and oxygen atoms in total. The molecule has 0 aromatic carbocycles. The summed E-state index contributed by atoms with van der Waals surface area (Å²) in [6, 6.07) is 0. The molecule has 3 N–H and O–H groups in total. The Kier molecular flexibility index (Phi) is 5.66. The van der Waals surface area contributed by atoms with Gasteiger partial charge in [0.25, 0.3) is 0 Å². The van der Waals surface area contributed by atoms with E-state index >= 15 is 0 Å². The van der Waals surface area contributed by atoms with E-state index in [9.17, 15) is 4.79 Å². The zero-order valence-corrected chi connectivity index (χ0v) is 7.23. The van der Waals surface area contributed by atoms with E-state index in [2.05, 4.69) is 0 Å². The Morgan fingerprint density at radius 1 is 1.33 bits per heavy atom. The molecule has 0 heterocycles. The first kappa shape index (κ1) is 11.4. The normalized spacial score (nSPS) is 13.3. The summed E-state index contributed by atoms with van der Waals surface area (Å²) in [7, 11) is 0. The third kappa shape index (κ3) is 4.31. The molecule has 0 aromatic heterocycles. The molecule has 0 saturated heterocycles. The summed E-state index contributed by atoms with van der Waals surface area (Å²) in [5, 5.41) is 25.8. The van der Waals surface area contributed by atoms with Gasteiger partial charge in [-0.3, -0.25) is 4.79 Å². The lowest BCUT2D eigenvalue weighted by molar-refractivity contribution is -0.159. The van der Waals surface area contributed by atoms with Crippen molar-refractivity contribution in [2.24, 2.45) is 5.92 Å². The van der Waals surface area contributed by atoms with Crippen molar-refractivity contribution in [2.75, 3.05) is 0 Å². The zero-order chi connectivity index (χ0) is 9.56. The van der Waals surface area contributed by atoms with Crippen molar-refractivity contribution in [1.82, 2.24) is 0 Å². The Morgan fingerprint density at radius 3 is 2.25 bits per heavy atom. The summed E-state index contributed by atoms with van der Waals surface area (Å²) >= 11 is 0. The van der Waals surface area contributed by atoms with Crippen molar-refractivity contribution < 1.29 is 20.1 Å². The molecule has 0 saturated carbocycles. The van der Waals surface area contributed by atoms with Crippen molar-refractivity contribution in [3.05, 3.63) is 0 Å². The number of carbonyl (C=O) groups is 1. The van der Waals surface area contributed by atoms with Crippen molar-refractivity contribution in [3.8, 4) is 0 Å². The maximum Gasteiger partial charge on any atom is 0.311 e. The Hall–Kier alpha value is -0.610. The standard InChI is InChI=1S/C8H16O4/c1-2-3-4-5-6(7(9)10)8(11)12/h6-7,9-10H,2-5H2,1H3,(H,11,12). The Bertz CT molecular complexity index is 133. The molecule has 0 spiro atoms. The van der Waals surface area contributed by atoms with E-state index in [1.165, 1.54) is 0 Å². The average molecular weight is 176 g/mol. The highest BCUT2D eigenvalue weighted by molar-refractivity contribution is 5.70. The second-order valence-corrected chi connectivity index (χ2v) is 2.85. The summed E-state index contributed by atoms with van der Waals surface area (Å²) in [5.74, 6) is -2.17. The molecular formula is C8H16O4. The van der Waals surface area contributed by atoms with Gasteiger partial charge < -0.3 is 15.3 Å². The number of hydrogen-bond acceptors (Lipinski definition) is 3. The molecule has 0 amide bonds. The molecule has 1 unspecified atom stereocenters. The van der Waals surface area contributed by atoms with Crippen LogP contribution in [0.15, 0.2) is 0 Å². The predicted octanol–water partition coefficient (Wildman–Crippen LogP) is 0.578. The lowest BCUT2D eigenvalue weighted by atomic mass is 10.0. The molecule has 0 aromatic rings. The fraction of sp³-hybridized carbons (Fsp3) is 0.875. The van der Waals surface area contributed by atoms with E-state index in [-0.39, 0.29) is 0 Å². The Morgan fingerprint density at radius 2 is 1.92 bits per heavy atom. The van der Waals surface area contributed by atoms with Gasteiger partial charge in [-0.1, -0.05) is 26.2 Å². The third-order valence-electron chi connectivity index (χ3n) is 1.80. The van der Waals surface area contributed by atoms with Crippen molar-refractivity contribution in [2.45, 2.75) is 38.9 Å². The molecule has 0 bridgehead atoms. The number of carboxylic acids is 1. The molecule has 0 aliphatic rings. The Balaban J connectivity index is 3.72. The van der Waals surface area contributed by atoms with Gasteiger partial charge in [0.1, 0.15) is 5.92 Å². The number of aliphatic hydroxyl groups is 2. The van der Waals surface area contributed by atoms with Gasteiger partial charge in [0.15, 0.2) is 6.29 Å². The van der Waals surface area contributed by atoms with Crippen molar-refractivity contribution in [3.63, 3.8) is 0 Å². The number of aliphatic hydroxyl groups excluding tert-OH is 1. The monoisotopic (exact) mass is 176 g/mol. The van der Waals surface area contributed by atoms with Crippen molar-refractivity contribution >= 4 is 5.97 Å². The van der Waals surface area contributed by atoms with Crippen LogP contribution < -0.4 is 0 Å². The maximum absolute atomic E-state index is 10.4. The number of unbranched alkanes of at least 4 members (excludes halogenated alkanes) is 2. The van der Waals surface area contributed by atoms with E-state index in [0.29, 0.717) is 6.42 Å². The highest BCUT2D eigenvalue weighted by Crippen LogP contribution is 2.12.